The summed E-state index contributed by atoms with van der Waals surface area (Å²) in [7, 11) is 2.03. The molecule has 0 unspecified atom stereocenters. The summed E-state index contributed by atoms with van der Waals surface area (Å²) in [5.41, 5.74) is 0. The molecule has 2 nitrogen and oxygen atoms in total. The van der Waals surface area contributed by atoms with Crippen molar-refractivity contribution in [1.29, 1.82) is 0 Å². The van der Waals surface area contributed by atoms with Crippen molar-refractivity contribution in [3.63, 3.8) is 0 Å². The Labute approximate surface area is 75.4 Å². The average molecular weight is 171 g/mol. The molecular formula is C10H21NO. The summed E-state index contributed by atoms with van der Waals surface area (Å²) in [6, 6.07) is 0. The second-order valence-electron chi connectivity index (χ2n) is 3.96. The molecule has 0 spiro atoms. The Morgan fingerprint density at radius 1 is 1.17 bits per heavy atom. The lowest BCUT2D eigenvalue weighted by Gasteiger charge is -2.27. The van der Waals surface area contributed by atoms with Gasteiger partial charge in [-0.1, -0.05) is 12.8 Å². The monoisotopic (exact) mass is 171 g/mol. The highest BCUT2D eigenvalue weighted by atomic mass is 16.3. The molecule has 0 aliphatic heterocycles. The highest BCUT2D eigenvalue weighted by Gasteiger charge is 2.19. The van der Waals surface area contributed by atoms with Crippen LogP contribution in [0.15, 0.2) is 0 Å². The molecule has 0 atom stereocenters. The van der Waals surface area contributed by atoms with Gasteiger partial charge in [-0.2, -0.15) is 0 Å². The summed E-state index contributed by atoms with van der Waals surface area (Å²) in [6.45, 7) is 1.55. The van der Waals surface area contributed by atoms with Crippen LogP contribution in [0.3, 0.4) is 0 Å². The topological polar surface area (TPSA) is 32.3 Å². The van der Waals surface area contributed by atoms with Gasteiger partial charge in [-0.3, -0.25) is 0 Å². The van der Waals surface area contributed by atoms with Crippen molar-refractivity contribution in [2.45, 2.75) is 32.1 Å². The third-order valence-corrected chi connectivity index (χ3v) is 3.00. The van der Waals surface area contributed by atoms with Crippen LogP contribution in [0.4, 0.5) is 0 Å². The van der Waals surface area contributed by atoms with Crippen molar-refractivity contribution in [3.05, 3.63) is 0 Å². The van der Waals surface area contributed by atoms with E-state index in [0.717, 1.165) is 18.3 Å². The molecule has 0 bridgehead atoms. The van der Waals surface area contributed by atoms with Crippen LogP contribution in [0.25, 0.3) is 0 Å². The lowest BCUT2D eigenvalue weighted by Crippen LogP contribution is -2.24. The third-order valence-electron chi connectivity index (χ3n) is 3.00. The highest BCUT2D eigenvalue weighted by molar-refractivity contribution is 4.73. The Bertz CT molecular complexity index is 94.4. The van der Waals surface area contributed by atoms with Gasteiger partial charge >= 0.3 is 0 Å². The molecule has 72 valence electrons. The summed E-state index contributed by atoms with van der Waals surface area (Å²) in [5.74, 6) is 1.70. The van der Waals surface area contributed by atoms with Crippen LogP contribution in [0.1, 0.15) is 32.1 Å². The fraction of sp³-hybridized carbons (Fsp3) is 1.00. The first-order valence-corrected chi connectivity index (χ1v) is 5.12. The van der Waals surface area contributed by atoms with Crippen LogP contribution in [-0.4, -0.2) is 25.3 Å². The van der Waals surface area contributed by atoms with E-state index in [9.17, 15) is 0 Å². The van der Waals surface area contributed by atoms with Gasteiger partial charge in [0.25, 0.3) is 0 Å². The van der Waals surface area contributed by atoms with Gasteiger partial charge in [0.05, 0.1) is 0 Å². The molecule has 0 radical (unpaired) electrons. The van der Waals surface area contributed by atoms with Crippen LogP contribution in [0, 0.1) is 11.8 Å². The first-order chi connectivity index (χ1) is 5.86. The molecule has 12 heavy (non-hydrogen) atoms. The van der Waals surface area contributed by atoms with E-state index in [1.807, 2.05) is 7.05 Å². The zero-order chi connectivity index (χ0) is 8.81. The van der Waals surface area contributed by atoms with Gasteiger partial charge in [0.1, 0.15) is 0 Å². The van der Waals surface area contributed by atoms with Gasteiger partial charge in [0.2, 0.25) is 0 Å². The predicted octanol–water partition coefficient (Wildman–Crippen LogP) is 1.39. The summed E-state index contributed by atoms with van der Waals surface area (Å²) in [4.78, 5) is 0. The Balaban J connectivity index is 2.11. The van der Waals surface area contributed by atoms with E-state index in [-0.39, 0.29) is 0 Å². The smallest absolute Gasteiger partial charge is 0.0433 e. The lowest BCUT2D eigenvalue weighted by atomic mass is 9.81. The molecular weight excluding hydrogens is 150 g/mol. The molecule has 1 aliphatic rings. The maximum atomic E-state index is 8.78. The Hall–Kier alpha value is -0.0800. The van der Waals surface area contributed by atoms with E-state index in [1.54, 1.807) is 0 Å². The van der Waals surface area contributed by atoms with E-state index in [1.165, 1.54) is 32.2 Å². The second-order valence-corrected chi connectivity index (χ2v) is 3.96. The van der Waals surface area contributed by atoms with Crippen molar-refractivity contribution in [2.24, 2.45) is 11.8 Å². The zero-order valence-electron chi connectivity index (χ0n) is 8.05. The molecule has 0 aromatic heterocycles. The number of aliphatic hydroxyl groups is 1. The first kappa shape index (κ1) is 10.0. The Morgan fingerprint density at radius 3 is 2.25 bits per heavy atom. The largest absolute Gasteiger partial charge is 0.396 e. The summed E-state index contributed by atoms with van der Waals surface area (Å²) in [5, 5.41) is 12.0. The van der Waals surface area contributed by atoms with E-state index < -0.39 is 0 Å². The highest BCUT2D eigenvalue weighted by Crippen LogP contribution is 2.29. The molecule has 1 aliphatic carbocycles. The molecule has 0 heterocycles. The maximum absolute atomic E-state index is 8.78. The normalized spacial score (nSPS) is 30.5. The fourth-order valence-corrected chi connectivity index (χ4v) is 2.20. The van der Waals surface area contributed by atoms with E-state index in [0.29, 0.717) is 6.61 Å². The molecule has 1 rings (SSSR count). The van der Waals surface area contributed by atoms with Crippen molar-refractivity contribution in [3.8, 4) is 0 Å². The van der Waals surface area contributed by atoms with Crippen LogP contribution in [0.5, 0.6) is 0 Å². The third kappa shape index (κ3) is 3.11. The van der Waals surface area contributed by atoms with E-state index in [2.05, 4.69) is 5.32 Å². The number of aliphatic hydroxyl groups excluding tert-OH is 1. The average Bonchev–Trinajstić information content (AvgIpc) is 2.09. The number of hydrogen-bond donors (Lipinski definition) is 2. The molecule has 1 saturated carbocycles. The fourth-order valence-electron chi connectivity index (χ4n) is 2.20. The van der Waals surface area contributed by atoms with Crippen molar-refractivity contribution < 1.29 is 5.11 Å². The second kappa shape index (κ2) is 5.55. The minimum atomic E-state index is 0.376. The zero-order valence-corrected chi connectivity index (χ0v) is 8.05. The number of nitrogens with one attached hydrogen (secondary N) is 1. The standard InChI is InChI=1S/C10H21NO/c1-11-8-10-4-2-9(3-5-10)6-7-12/h9-12H,2-8H2,1H3/t9-,10-. The summed E-state index contributed by atoms with van der Waals surface area (Å²) in [6.07, 6.45) is 6.38. The van der Waals surface area contributed by atoms with Gasteiger partial charge in [-0.25, -0.2) is 0 Å². The van der Waals surface area contributed by atoms with Gasteiger partial charge in [-0.15, -0.1) is 0 Å². The van der Waals surface area contributed by atoms with Crippen molar-refractivity contribution >= 4 is 0 Å². The van der Waals surface area contributed by atoms with Crippen molar-refractivity contribution in [2.75, 3.05) is 20.2 Å². The lowest BCUT2D eigenvalue weighted by molar-refractivity contribution is 0.205. The maximum Gasteiger partial charge on any atom is 0.0433 e. The first-order valence-electron chi connectivity index (χ1n) is 5.12. The molecule has 0 saturated heterocycles. The van der Waals surface area contributed by atoms with Gasteiger partial charge in [0.15, 0.2) is 0 Å². The number of rotatable bonds is 4. The minimum Gasteiger partial charge on any atom is -0.396 e. The molecule has 1 fully saturated rings. The quantitative estimate of drug-likeness (QED) is 0.670. The van der Waals surface area contributed by atoms with Gasteiger partial charge in [-0.05, 0) is 44.7 Å². The summed E-state index contributed by atoms with van der Waals surface area (Å²) >= 11 is 0. The van der Waals surface area contributed by atoms with E-state index >= 15 is 0 Å². The van der Waals surface area contributed by atoms with Gasteiger partial charge < -0.3 is 10.4 Å². The van der Waals surface area contributed by atoms with Crippen LogP contribution >= 0.6 is 0 Å². The molecule has 2 heteroatoms. The Morgan fingerprint density at radius 2 is 1.75 bits per heavy atom. The SMILES string of the molecule is CNC[C@H]1CC[C@H](CCO)CC1. The predicted molar refractivity (Wildman–Crippen MR) is 51.1 cm³/mol. The van der Waals surface area contributed by atoms with Crippen LogP contribution in [-0.2, 0) is 0 Å². The van der Waals surface area contributed by atoms with Crippen LogP contribution in [0.2, 0.25) is 0 Å². The van der Waals surface area contributed by atoms with Crippen molar-refractivity contribution in [1.82, 2.24) is 5.32 Å². The van der Waals surface area contributed by atoms with Gasteiger partial charge in [0, 0.05) is 6.61 Å². The molecule has 0 aromatic rings. The molecule has 2 N–H and O–H groups in total. The summed E-state index contributed by atoms with van der Waals surface area (Å²) < 4.78 is 0. The van der Waals surface area contributed by atoms with E-state index in [4.69, 9.17) is 5.11 Å². The molecule has 0 amide bonds. The minimum absolute atomic E-state index is 0.376. The Kier molecular flexibility index (Phi) is 4.62. The molecule has 0 aromatic carbocycles. The van der Waals surface area contributed by atoms with Crippen LogP contribution < -0.4 is 5.32 Å². The number of hydrogen-bond acceptors (Lipinski definition) is 2.